The van der Waals surface area contributed by atoms with Gasteiger partial charge < -0.3 is 9.88 Å². The number of hydrogen-bond donors (Lipinski definition) is 2. The van der Waals surface area contributed by atoms with Gasteiger partial charge in [-0.3, -0.25) is 15.0 Å². The summed E-state index contributed by atoms with van der Waals surface area (Å²) >= 11 is 0. The molecule has 0 radical (unpaired) electrons. The number of fused-ring (bicyclic) bond motifs is 2. The van der Waals surface area contributed by atoms with E-state index in [4.69, 9.17) is 4.98 Å². The van der Waals surface area contributed by atoms with Crippen molar-refractivity contribution in [2.45, 2.75) is 38.2 Å². The minimum absolute atomic E-state index is 0.157. The van der Waals surface area contributed by atoms with Gasteiger partial charge >= 0.3 is 0 Å². The molecule has 7 rings (SSSR count). The van der Waals surface area contributed by atoms with Crippen LogP contribution in [0.2, 0.25) is 0 Å². The molecule has 0 saturated carbocycles. The molecule has 200 valence electrons. The zero-order valence-corrected chi connectivity index (χ0v) is 21.1. The van der Waals surface area contributed by atoms with Gasteiger partial charge in [0.25, 0.3) is 5.92 Å². The van der Waals surface area contributed by atoms with Crippen LogP contribution in [0.5, 0.6) is 0 Å². The van der Waals surface area contributed by atoms with Crippen LogP contribution in [-0.4, -0.2) is 72.1 Å². The summed E-state index contributed by atoms with van der Waals surface area (Å²) in [6, 6.07) is 3.62. The fourth-order valence-electron chi connectivity index (χ4n) is 5.62. The highest BCUT2D eigenvalue weighted by atomic mass is 19.3. The summed E-state index contributed by atoms with van der Waals surface area (Å²) < 4.78 is 43.4. The first kappa shape index (κ1) is 24.0. The number of halogens is 3. The topological polar surface area (TPSA) is 103 Å². The Balaban J connectivity index is 1.25. The van der Waals surface area contributed by atoms with Gasteiger partial charge in [0.1, 0.15) is 17.0 Å². The van der Waals surface area contributed by atoms with Gasteiger partial charge in [-0.2, -0.15) is 5.10 Å². The zero-order valence-electron chi connectivity index (χ0n) is 21.1. The van der Waals surface area contributed by atoms with Gasteiger partial charge in [0.15, 0.2) is 17.3 Å². The lowest BCUT2D eigenvalue weighted by molar-refractivity contribution is 0.0115. The molecule has 0 bridgehead atoms. The maximum atomic E-state index is 16.1. The highest BCUT2D eigenvalue weighted by Crippen LogP contribution is 2.35. The molecule has 9 nitrogen and oxygen atoms in total. The van der Waals surface area contributed by atoms with Gasteiger partial charge in [-0.15, -0.1) is 0 Å². The molecule has 0 aromatic carbocycles. The number of aromatic amines is 2. The van der Waals surface area contributed by atoms with E-state index in [-0.39, 0.29) is 29.6 Å². The fraction of sp³-hybridized carbons (Fsp3) is 0.370. The molecular weight excluding hydrogens is 507 g/mol. The number of hydrogen-bond acceptors (Lipinski definition) is 7. The number of pyridine rings is 3. The third-order valence-corrected chi connectivity index (χ3v) is 7.55. The van der Waals surface area contributed by atoms with Gasteiger partial charge in [-0.05, 0) is 37.0 Å². The van der Waals surface area contributed by atoms with Crippen LogP contribution in [0.25, 0.3) is 44.7 Å². The number of imidazole rings is 1. The van der Waals surface area contributed by atoms with Crippen LogP contribution in [0.4, 0.5) is 19.0 Å². The van der Waals surface area contributed by atoms with Gasteiger partial charge in [-0.1, -0.05) is 0 Å². The van der Waals surface area contributed by atoms with Crippen molar-refractivity contribution in [1.29, 1.82) is 0 Å². The van der Waals surface area contributed by atoms with Crippen molar-refractivity contribution >= 4 is 27.9 Å². The molecule has 0 unspecified atom stereocenters. The number of anilines is 1. The third kappa shape index (κ3) is 4.38. The van der Waals surface area contributed by atoms with E-state index in [1.807, 2.05) is 6.07 Å². The van der Waals surface area contributed by atoms with Crippen LogP contribution in [0.1, 0.15) is 31.2 Å². The monoisotopic (exact) mass is 533 g/mol. The van der Waals surface area contributed by atoms with Gasteiger partial charge in [0.2, 0.25) is 0 Å². The summed E-state index contributed by atoms with van der Waals surface area (Å²) in [5.74, 6) is -1.93. The molecule has 5 aromatic rings. The number of alkyl halides is 2. The normalized spacial score (nSPS) is 18.0. The summed E-state index contributed by atoms with van der Waals surface area (Å²) in [5, 5.41) is 7.33. The smallest absolute Gasteiger partial charge is 0.261 e. The van der Waals surface area contributed by atoms with Crippen LogP contribution >= 0.6 is 0 Å². The van der Waals surface area contributed by atoms with Crippen LogP contribution in [0.3, 0.4) is 0 Å². The summed E-state index contributed by atoms with van der Waals surface area (Å²) in [7, 11) is 0. The number of aromatic nitrogens is 7. The molecular formula is C27H26F3N9. The van der Waals surface area contributed by atoms with Crippen LogP contribution in [0.15, 0.2) is 36.9 Å². The van der Waals surface area contributed by atoms with E-state index in [0.29, 0.717) is 30.2 Å². The Kier molecular flexibility index (Phi) is 5.72. The maximum Gasteiger partial charge on any atom is 0.261 e. The Morgan fingerprint density at radius 3 is 2.72 bits per heavy atom. The molecule has 2 N–H and O–H groups in total. The molecule has 0 atom stereocenters. The van der Waals surface area contributed by atoms with E-state index in [9.17, 15) is 8.78 Å². The molecule has 0 spiro atoms. The first-order valence-corrected chi connectivity index (χ1v) is 13.1. The second-order valence-electron chi connectivity index (χ2n) is 10.3. The lowest BCUT2D eigenvalue weighted by Gasteiger charge is -2.27. The fourth-order valence-corrected chi connectivity index (χ4v) is 5.62. The van der Waals surface area contributed by atoms with Crippen molar-refractivity contribution in [1.82, 2.24) is 40.0 Å². The van der Waals surface area contributed by atoms with Crippen molar-refractivity contribution in [3.05, 3.63) is 48.3 Å². The van der Waals surface area contributed by atoms with Crippen LogP contribution < -0.4 is 4.90 Å². The zero-order chi connectivity index (χ0) is 26.6. The average Bonchev–Trinajstić information content (AvgIpc) is 3.65. The number of likely N-dealkylation sites (tertiary alicyclic amines) is 1. The molecule has 39 heavy (non-hydrogen) atoms. The largest absolute Gasteiger partial charge is 0.355 e. The Labute approximate surface area is 221 Å². The van der Waals surface area contributed by atoms with E-state index < -0.39 is 11.7 Å². The number of rotatable bonds is 5. The molecule has 0 amide bonds. The molecule has 12 heteroatoms. The average molecular weight is 534 g/mol. The molecule has 2 saturated heterocycles. The molecule has 2 aliphatic heterocycles. The van der Waals surface area contributed by atoms with Crippen LogP contribution in [0, 0.1) is 5.82 Å². The van der Waals surface area contributed by atoms with Gasteiger partial charge in [0, 0.05) is 68.5 Å². The number of piperidine rings is 1. The molecule has 2 fully saturated rings. The van der Waals surface area contributed by atoms with Gasteiger partial charge in [0.05, 0.1) is 17.4 Å². The third-order valence-electron chi connectivity index (χ3n) is 7.55. The second-order valence-corrected chi connectivity index (χ2v) is 10.3. The lowest BCUT2D eigenvalue weighted by Crippen LogP contribution is -2.30. The number of nitrogens with one attached hydrogen (secondary N) is 2. The molecule has 0 aliphatic carbocycles. The van der Waals surface area contributed by atoms with E-state index in [0.717, 1.165) is 48.3 Å². The minimum Gasteiger partial charge on any atom is -0.355 e. The standard InChI is InChI=1S/C27H26F3N9/c28-21-18(17-10-16(11-31-12-17)14-38-9-5-27(29,30)15-38)13-33-24-20(21)23(36-37-24)25-34-19-4-6-32-26(22(19)35-25)39-7-2-1-3-8-39/h4,6,10-13H,1-3,5,7-9,14-15H2,(H,34,35)(H,33,36,37). The molecule has 2 aliphatic rings. The number of H-pyrrole nitrogens is 2. The highest BCUT2D eigenvalue weighted by molar-refractivity contribution is 5.95. The summed E-state index contributed by atoms with van der Waals surface area (Å²) in [5.41, 5.74) is 3.64. The van der Waals surface area contributed by atoms with Crippen molar-refractivity contribution < 1.29 is 13.2 Å². The van der Waals surface area contributed by atoms with Gasteiger partial charge in [-0.25, -0.2) is 28.1 Å². The Hall–Kier alpha value is -4.06. The van der Waals surface area contributed by atoms with E-state index in [1.165, 1.54) is 12.6 Å². The molecule has 5 aromatic heterocycles. The first-order chi connectivity index (χ1) is 18.9. The Morgan fingerprint density at radius 2 is 1.90 bits per heavy atom. The number of nitrogens with zero attached hydrogens (tertiary/aromatic N) is 7. The van der Waals surface area contributed by atoms with Crippen molar-refractivity contribution in [3.63, 3.8) is 0 Å². The summed E-state index contributed by atoms with van der Waals surface area (Å²) in [4.78, 5) is 25.2. The Morgan fingerprint density at radius 1 is 1.03 bits per heavy atom. The predicted octanol–water partition coefficient (Wildman–Crippen LogP) is 4.93. The Bertz CT molecular complexity index is 1670. The van der Waals surface area contributed by atoms with E-state index >= 15 is 4.39 Å². The highest BCUT2D eigenvalue weighted by Gasteiger charge is 2.38. The maximum absolute atomic E-state index is 16.1. The predicted molar refractivity (Wildman–Crippen MR) is 141 cm³/mol. The second kappa shape index (κ2) is 9.30. The SMILES string of the molecule is Fc1c(-c2cncc(CN3CCC(F)(F)C3)c2)cnc2n[nH]c(-c3nc4c(N5CCCCC5)nccc4[nH]3)c12. The summed E-state index contributed by atoms with van der Waals surface area (Å²) in [6.45, 7) is 2.19. The lowest BCUT2D eigenvalue weighted by atomic mass is 10.0. The van der Waals surface area contributed by atoms with Crippen molar-refractivity contribution in [2.24, 2.45) is 0 Å². The van der Waals surface area contributed by atoms with E-state index in [2.05, 4.69) is 35.0 Å². The quantitative estimate of drug-likeness (QED) is 0.330. The summed E-state index contributed by atoms with van der Waals surface area (Å²) in [6.07, 6.45) is 9.62. The first-order valence-electron chi connectivity index (χ1n) is 13.1. The van der Waals surface area contributed by atoms with Crippen molar-refractivity contribution in [3.8, 4) is 22.6 Å². The van der Waals surface area contributed by atoms with E-state index in [1.54, 1.807) is 29.6 Å². The minimum atomic E-state index is -2.68. The van der Waals surface area contributed by atoms with Crippen LogP contribution in [-0.2, 0) is 6.54 Å². The van der Waals surface area contributed by atoms with Crippen molar-refractivity contribution in [2.75, 3.05) is 31.1 Å². The molecule has 7 heterocycles.